The van der Waals surface area contributed by atoms with Crippen LogP contribution in [0.1, 0.15) is 23.9 Å². The minimum absolute atomic E-state index is 0.390. The number of nitrogens with zero attached hydrogens (tertiary/aromatic N) is 2. The molecule has 0 spiro atoms. The Morgan fingerprint density at radius 2 is 1.62 bits per heavy atom. The first-order valence-corrected chi connectivity index (χ1v) is 12.1. The Bertz CT molecular complexity index is 1310. The molecule has 3 aromatic carbocycles. The molecule has 0 saturated carbocycles. The molecule has 0 atom stereocenters. The molecule has 190 valence electrons. The molecule has 7 heteroatoms. The normalized spacial score (nSPS) is 10.9. The molecule has 0 unspecified atom stereocenters. The van der Waals surface area contributed by atoms with Crippen LogP contribution < -0.4 is 14.2 Å². The highest BCUT2D eigenvalue weighted by Gasteiger charge is 2.15. The van der Waals surface area contributed by atoms with E-state index in [-0.39, 0.29) is 0 Å². The third-order valence-corrected chi connectivity index (χ3v) is 5.68. The Kier molecular flexibility index (Phi) is 8.60. The lowest BCUT2D eigenvalue weighted by atomic mass is 10.2. The number of carbonyl (C=O) groups is 1. The molecule has 1 aromatic heterocycles. The molecule has 0 radical (unpaired) electrons. The summed E-state index contributed by atoms with van der Waals surface area (Å²) >= 11 is 0. The van der Waals surface area contributed by atoms with Crippen LogP contribution in [0.25, 0.3) is 17.5 Å². The largest absolute Gasteiger partial charge is 0.497 e. The molecule has 4 rings (SSSR count). The smallest absolute Gasteiger partial charge is 0.415 e. The molecular formula is C30H30N2O5. The predicted octanol–water partition coefficient (Wildman–Crippen LogP) is 6.77. The summed E-state index contributed by atoms with van der Waals surface area (Å²) in [5, 5.41) is 0. The third-order valence-electron chi connectivity index (χ3n) is 5.68. The highest BCUT2D eigenvalue weighted by molar-refractivity contribution is 5.70. The number of carbonyl (C=O) groups excluding carboxylic acids is 1. The number of aryl methyl sites for hydroxylation is 1. The molecule has 0 aliphatic rings. The number of hydrogen-bond donors (Lipinski definition) is 0. The van der Waals surface area contributed by atoms with Gasteiger partial charge in [-0.15, -0.1) is 0 Å². The highest BCUT2D eigenvalue weighted by atomic mass is 16.6. The number of methoxy groups -OCH3 is 1. The van der Waals surface area contributed by atoms with E-state index in [0.717, 1.165) is 28.3 Å². The average Bonchev–Trinajstić information content (AvgIpc) is 3.31. The van der Waals surface area contributed by atoms with Gasteiger partial charge in [-0.2, -0.15) is 0 Å². The number of benzene rings is 3. The van der Waals surface area contributed by atoms with Crippen molar-refractivity contribution in [3.63, 3.8) is 0 Å². The van der Waals surface area contributed by atoms with Gasteiger partial charge >= 0.3 is 6.09 Å². The second kappa shape index (κ2) is 12.4. The lowest BCUT2D eigenvalue weighted by Crippen LogP contribution is -2.32. The number of hydrogen-bond acceptors (Lipinski definition) is 6. The summed E-state index contributed by atoms with van der Waals surface area (Å²) in [4.78, 5) is 18.8. The topological polar surface area (TPSA) is 74.0 Å². The molecule has 0 bridgehead atoms. The van der Waals surface area contributed by atoms with Crippen LogP contribution >= 0.6 is 0 Å². The lowest BCUT2D eigenvalue weighted by molar-refractivity contribution is 0.152. The summed E-state index contributed by atoms with van der Waals surface area (Å²) in [7, 11) is 1.59. The van der Waals surface area contributed by atoms with Crippen molar-refractivity contribution in [3.8, 4) is 28.7 Å². The molecule has 37 heavy (non-hydrogen) atoms. The van der Waals surface area contributed by atoms with E-state index in [0.29, 0.717) is 37.1 Å². The Labute approximate surface area is 216 Å². The van der Waals surface area contributed by atoms with Gasteiger partial charge in [-0.05, 0) is 80.1 Å². The van der Waals surface area contributed by atoms with E-state index in [1.165, 1.54) is 0 Å². The Morgan fingerprint density at radius 1 is 0.946 bits per heavy atom. The number of rotatable bonds is 10. The van der Waals surface area contributed by atoms with Crippen molar-refractivity contribution in [2.75, 3.05) is 20.3 Å². The molecule has 0 saturated heterocycles. The van der Waals surface area contributed by atoms with E-state index in [4.69, 9.17) is 18.6 Å². The minimum atomic E-state index is -0.406. The van der Waals surface area contributed by atoms with Gasteiger partial charge in [0.15, 0.2) is 0 Å². The van der Waals surface area contributed by atoms with Gasteiger partial charge in [0.05, 0.1) is 7.11 Å². The van der Waals surface area contributed by atoms with E-state index in [2.05, 4.69) is 4.98 Å². The first-order chi connectivity index (χ1) is 18.1. The molecule has 1 amide bonds. The molecule has 0 fully saturated rings. The lowest BCUT2D eigenvalue weighted by Gasteiger charge is -2.20. The van der Waals surface area contributed by atoms with E-state index in [9.17, 15) is 4.79 Å². The van der Waals surface area contributed by atoms with Gasteiger partial charge < -0.3 is 23.5 Å². The maximum absolute atomic E-state index is 12.6. The Balaban J connectivity index is 1.27. The molecule has 0 aliphatic heterocycles. The maximum atomic E-state index is 12.6. The Morgan fingerprint density at radius 3 is 2.30 bits per heavy atom. The summed E-state index contributed by atoms with van der Waals surface area (Å²) in [6.45, 7) is 5.15. The number of amides is 1. The van der Waals surface area contributed by atoms with Gasteiger partial charge in [0.25, 0.3) is 0 Å². The fourth-order valence-electron chi connectivity index (χ4n) is 3.60. The maximum Gasteiger partial charge on any atom is 0.415 e. The standard InChI is InChI=1S/C30H30N2O5/c1-4-32(30(33)37-27-18-16-25(34-3)17-19-27)21-23-12-14-26(15-13-23)35-20-8-11-28-22(2)36-29(31-28)24-9-6-5-7-10-24/h5-19H,4,20-21H2,1-3H3/b11-8-. The van der Waals surface area contributed by atoms with Crippen LogP contribution in [0.4, 0.5) is 4.79 Å². The average molecular weight is 499 g/mol. The van der Waals surface area contributed by atoms with Crippen LogP contribution in [0.5, 0.6) is 17.2 Å². The van der Waals surface area contributed by atoms with Crippen LogP contribution in [0.15, 0.2) is 89.4 Å². The molecular weight excluding hydrogens is 468 g/mol. The van der Waals surface area contributed by atoms with Gasteiger partial charge in [0, 0.05) is 18.7 Å². The van der Waals surface area contributed by atoms with Crippen LogP contribution in [0.2, 0.25) is 0 Å². The number of aromatic nitrogens is 1. The van der Waals surface area contributed by atoms with E-state index in [1.807, 2.05) is 80.6 Å². The van der Waals surface area contributed by atoms with Gasteiger partial charge in [-0.25, -0.2) is 9.78 Å². The van der Waals surface area contributed by atoms with Crippen LogP contribution in [0, 0.1) is 6.92 Å². The fourth-order valence-corrected chi connectivity index (χ4v) is 3.60. The molecule has 0 N–H and O–H groups in total. The molecule has 1 heterocycles. The zero-order valence-electron chi connectivity index (χ0n) is 21.2. The van der Waals surface area contributed by atoms with Crippen molar-refractivity contribution in [1.29, 1.82) is 0 Å². The summed E-state index contributed by atoms with van der Waals surface area (Å²) in [6.07, 6.45) is 3.39. The summed E-state index contributed by atoms with van der Waals surface area (Å²) in [6, 6.07) is 24.4. The molecule has 7 nitrogen and oxygen atoms in total. The van der Waals surface area contributed by atoms with Crippen molar-refractivity contribution in [2.24, 2.45) is 0 Å². The second-order valence-corrected chi connectivity index (χ2v) is 8.24. The van der Waals surface area contributed by atoms with Crippen molar-refractivity contribution in [2.45, 2.75) is 20.4 Å². The minimum Gasteiger partial charge on any atom is -0.497 e. The van der Waals surface area contributed by atoms with Crippen molar-refractivity contribution >= 4 is 12.2 Å². The zero-order chi connectivity index (χ0) is 26.0. The summed E-state index contributed by atoms with van der Waals surface area (Å²) < 4.78 is 22.2. The van der Waals surface area contributed by atoms with Gasteiger partial charge in [-0.3, -0.25) is 0 Å². The SMILES string of the molecule is CCN(Cc1ccc(OC/C=C\c2nc(-c3ccccc3)oc2C)cc1)C(=O)Oc1ccc(OC)cc1. The van der Waals surface area contributed by atoms with Gasteiger partial charge in [0.2, 0.25) is 5.89 Å². The first kappa shape index (κ1) is 25.6. The summed E-state index contributed by atoms with van der Waals surface area (Å²) in [5.41, 5.74) is 2.69. The fraction of sp³-hybridized carbons (Fsp3) is 0.200. The predicted molar refractivity (Wildman–Crippen MR) is 143 cm³/mol. The summed E-state index contributed by atoms with van der Waals surface area (Å²) in [5.74, 6) is 3.27. The third kappa shape index (κ3) is 7.01. The van der Waals surface area contributed by atoms with Crippen molar-refractivity contribution in [3.05, 3.63) is 102 Å². The van der Waals surface area contributed by atoms with Crippen LogP contribution in [-0.4, -0.2) is 36.2 Å². The van der Waals surface area contributed by atoms with Crippen LogP contribution in [-0.2, 0) is 6.54 Å². The highest BCUT2D eigenvalue weighted by Crippen LogP contribution is 2.22. The Hall–Kier alpha value is -4.52. The van der Waals surface area contributed by atoms with E-state index >= 15 is 0 Å². The van der Waals surface area contributed by atoms with E-state index in [1.54, 1.807) is 36.3 Å². The van der Waals surface area contributed by atoms with Crippen LogP contribution in [0.3, 0.4) is 0 Å². The first-order valence-electron chi connectivity index (χ1n) is 12.1. The van der Waals surface area contributed by atoms with Crippen molar-refractivity contribution < 1.29 is 23.4 Å². The number of ether oxygens (including phenoxy) is 3. The van der Waals surface area contributed by atoms with Gasteiger partial charge in [0.1, 0.15) is 35.3 Å². The molecule has 4 aromatic rings. The van der Waals surface area contributed by atoms with Crippen molar-refractivity contribution in [1.82, 2.24) is 9.88 Å². The molecule has 0 aliphatic carbocycles. The zero-order valence-corrected chi connectivity index (χ0v) is 21.2. The van der Waals surface area contributed by atoms with E-state index < -0.39 is 6.09 Å². The quantitative estimate of drug-likeness (QED) is 0.240. The van der Waals surface area contributed by atoms with Gasteiger partial charge in [-0.1, -0.05) is 30.3 Å². The number of oxazole rings is 1. The monoisotopic (exact) mass is 498 g/mol. The second-order valence-electron chi connectivity index (χ2n) is 8.24.